The quantitative estimate of drug-likeness (QED) is 0.783. The zero-order valence-corrected chi connectivity index (χ0v) is 14.0. The van der Waals surface area contributed by atoms with Crippen molar-refractivity contribution < 1.29 is 22.7 Å². The molecule has 1 unspecified atom stereocenters. The monoisotopic (exact) mass is 366 g/mol. The van der Waals surface area contributed by atoms with Gasteiger partial charge in [-0.25, -0.2) is 8.42 Å². The van der Waals surface area contributed by atoms with Gasteiger partial charge < -0.3 is 10.1 Å². The fourth-order valence-electron chi connectivity index (χ4n) is 2.18. The van der Waals surface area contributed by atoms with E-state index in [-0.39, 0.29) is 17.4 Å². The molecule has 126 valence electrons. The Morgan fingerprint density at radius 1 is 1.21 bits per heavy atom. The summed E-state index contributed by atoms with van der Waals surface area (Å²) >= 11 is 1.31. The molecule has 0 saturated carbocycles. The van der Waals surface area contributed by atoms with Gasteiger partial charge in [-0.3, -0.25) is 9.59 Å². The van der Waals surface area contributed by atoms with E-state index in [1.54, 1.807) is 17.5 Å². The van der Waals surface area contributed by atoms with Gasteiger partial charge in [0.1, 0.15) is 6.04 Å². The molecule has 1 amide bonds. The van der Waals surface area contributed by atoms with Crippen LogP contribution in [0.4, 0.5) is 5.69 Å². The van der Waals surface area contributed by atoms with E-state index in [2.05, 4.69) is 10.0 Å². The summed E-state index contributed by atoms with van der Waals surface area (Å²) in [5.74, 6) is -0.828. The zero-order valence-electron chi connectivity index (χ0n) is 12.4. The summed E-state index contributed by atoms with van der Waals surface area (Å²) in [5.41, 5.74) is 0.479. The van der Waals surface area contributed by atoms with Crippen molar-refractivity contribution >= 4 is 38.9 Å². The molecule has 0 spiro atoms. The molecule has 2 aromatic rings. The molecular weight excluding hydrogens is 352 g/mol. The van der Waals surface area contributed by atoms with Gasteiger partial charge in [0.05, 0.1) is 16.4 Å². The molecule has 1 aromatic carbocycles. The molecule has 0 aliphatic carbocycles. The predicted molar refractivity (Wildman–Crippen MR) is 88.4 cm³/mol. The molecule has 1 saturated heterocycles. The Labute approximate surface area is 142 Å². The summed E-state index contributed by atoms with van der Waals surface area (Å²) in [4.78, 5) is 23.9. The number of benzene rings is 1. The lowest BCUT2D eigenvalue weighted by molar-refractivity contribution is -0.139. The van der Waals surface area contributed by atoms with Crippen LogP contribution in [0.25, 0.3) is 0 Å². The second-order valence-electron chi connectivity index (χ2n) is 5.09. The number of sulfonamides is 1. The van der Waals surface area contributed by atoms with Crippen LogP contribution in [0.1, 0.15) is 16.1 Å². The van der Waals surface area contributed by atoms with E-state index in [4.69, 9.17) is 4.74 Å². The predicted octanol–water partition coefficient (Wildman–Crippen LogP) is 1.59. The van der Waals surface area contributed by atoms with Crippen LogP contribution in [0.15, 0.2) is 46.7 Å². The third-order valence-corrected chi connectivity index (χ3v) is 5.76. The minimum absolute atomic E-state index is 0.0105. The van der Waals surface area contributed by atoms with Crippen molar-refractivity contribution in [2.24, 2.45) is 0 Å². The highest BCUT2D eigenvalue weighted by Gasteiger charge is 2.31. The Morgan fingerprint density at radius 3 is 2.54 bits per heavy atom. The summed E-state index contributed by atoms with van der Waals surface area (Å²) in [6, 6.07) is 8.34. The number of ether oxygens (including phenoxy) is 1. The molecule has 1 fully saturated rings. The van der Waals surface area contributed by atoms with Crippen LogP contribution in [-0.2, 0) is 19.6 Å². The van der Waals surface area contributed by atoms with Gasteiger partial charge in [0.25, 0.3) is 5.91 Å². The smallest absolute Gasteiger partial charge is 0.324 e. The first-order chi connectivity index (χ1) is 11.5. The van der Waals surface area contributed by atoms with Crippen LogP contribution in [0, 0.1) is 0 Å². The lowest BCUT2D eigenvalue weighted by Gasteiger charge is -2.10. The minimum atomic E-state index is -3.83. The zero-order chi connectivity index (χ0) is 17.2. The molecular formula is C15H14N2O5S2. The first kappa shape index (κ1) is 16.6. The van der Waals surface area contributed by atoms with Gasteiger partial charge in [-0.15, -0.1) is 11.3 Å². The Balaban J connectivity index is 1.69. The lowest BCUT2D eigenvalue weighted by atomic mass is 10.3. The summed E-state index contributed by atoms with van der Waals surface area (Å²) in [6.45, 7) is 0.208. The van der Waals surface area contributed by atoms with E-state index < -0.39 is 22.0 Å². The van der Waals surface area contributed by atoms with Gasteiger partial charge in [0.15, 0.2) is 0 Å². The first-order valence-corrected chi connectivity index (χ1v) is 9.46. The highest BCUT2D eigenvalue weighted by Crippen LogP contribution is 2.18. The molecule has 9 heteroatoms. The first-order valence-electron chi connectivity index (χ1n) is 7.09. The van der Waals surface area contributed by atoms with Crippen molar-refractivity contribution in [2.75, 3.05) is 11.9 Å². The number of hydrogen-bond acceptors (Lipinski definition) is 6. The fraction of sp³-hybridized carbons (Fsp3) is 0.200. The highest BCUT2D eigenvalue weighted by atomic mass is 32.2. The van der Waals surface area contributed by atoms with E-state index in [1.807, 2.05) is 0 Å². The average molecular weight is 366 g/mol. The molecule has 3 rings (SSSR count). The van der Waals surface area contributed by atoms with Crippen molar-refractivity contribution in [3.63, 3.8) is 0 Å². The lowest BCUT2D eigenvalue weighted by Crippen LogP contribution is -2.37. The van der Waals surface area contributed by atoms with Crippen molar-refractivity contribution in [3.8, 4) is 0 Å². The Hall–Kier alpha value is -2.23. The topological polar surface area (TPSA) is 102 Å². The van der Waals surface area contributed by atoms with E-state index in [0.717, 1.165) is 0 Å². The van der Waals surface area contributed by atoms with Crippen LogP contribution in [0.2, 0.25) is 0 Å². The minimum Gasteiger partial charge on any atom is -0.464 e. The number of nitrogens with one attached hydrogen (secondary N) is 2. The molecule has 1 atom stereocenters. The molecule has 7 nitrogen and oxygen atoms in total. The number of rotatable bonds is 5. The SMILES string of the molecule is O=C(Nc1ccc(S(=O)(=O)NC2CCOC2=O)cc1)c1cccs1. The maximum Gasteiger partial charge on any atom is 0.324 e. The standard InChI is InChI=1S/C15H14N2O5S2/c18-14(13-2-1-9-23-13)16-10-3-5-11(6-4-10)24(20,21)17-12-7-8-22-15(12)19/h1-6,9,12,17H,7-8H2,(H,16,18). The van der Waals surface area contributed by atoms with Gasteiger partial charge in [0.2, 0.25) is 10.0 Å². The van der Waals surface area contributed by atoms with E-state index in [0.29, 0.717) is 17.0 Å². The summed E-state index contributed by atoms with van der Waals surface area (Å²) in [7, 11) is -3.83. The summed E-state index contributed by atoms with van der Waals surface area (Å²) < 4.78 is 31.5. The number of esters is 1. The third kappa shape index (κ3) is 3.64. The van der Waals surface area contributed by atoms with Crippen molar-refractivity contribution in [1.82, 2.24) is 4.72 Å². The average Bonchev–Trinajstić information content (AvgIpc) is 3.20. The number of thiophene rings is 1. The molecule has 1 aromatic heterocycles. The summed E-state index contributed by atoms with van der Waals surface area (Å²) in [6.07, 6.45) is 0.313. The highest BCUT2D eigenvalue weighted by molar-refractivity contribution is 7.89. The fourth-order valence-corrected chi connectivity index (χ4v) is 4.01. The Morgan fingerprint density at radius 2 is 1.96 bits per heavy atom. The van der Waals surface area contributed by atoms with Crippen LogP contribution in [0.3, 0.4) is 0 Å². The van der Waals surface area contributed by atoms with Crippen molar-refractivity contribution in [1.29, 1.82) is 0 Å². The second kappa shape index (κ2) is 6.71. The van der Waals surface area contributed by atoms with Crippen LogP contribution < -0.4 is 10.0 Å². The number of anilines is 1. The van der Waals surface area contributed by atoms with Crippen molar-refractivity contribution in [2.45, 2.75) is 17.4 Å². The third-order valence-electron chi connectivity index (χ3n) is 3.40. The normalized spacial score (nSPS) is 17.5. The van der Waals surface area contributed by atoms with Gasteiger partial charge in [0, 0.05) is 12.1 Å². The molecule has 0 radical (unpaired) electrons. The van der Waals surface area contributed by atoms with Crippen molar-refractivity contribution in [3.05, 3.63) is 46.7 Å². The molecule has 0 bridgehead atoms. The van der Waals surface area contributed by atoms with E-state index in [9.17, 15) is 18.0 Å². The van der Waals surface area contributed by atoms with Gasteiger partial charge in [-0.05, 0) is 35.7 Å². The van der Waals surface area contributed by atoms with Gasteiger partial charge in [-0.2, -0.15) is 4.72 Å². The Bertz CT molecular complexity index is 844. The van der Waals surface area contributed by atoms with E-state index >= 15 is 0 Å². The molecule has 1 aliphatic heterocycles. The number of carbonyl (C=O) groups excluding carboxylic acids is 2. The molecule has 24 heavy (non-hydrogen) atoms. The summed E-state index contributed by atoms with van der Waals surface area (Å²) in [5, 5.41) is 4.48. The van der Waals surface area contributed by atoms with E-state index in [1.165, 1.54) is 35.6 Å². The Kier molecular flexibility index (Phi) is 4.65. The van der Waals surface area contributed by atoms with Crippen LogP contribution >= 0.6 is 11.3 Å². The van der Waals surface area contributed by atoms with Gasteiger partial charge >= 0.3 is 5.97 Å². The van der Waals surface area contributed by atoms with Gasteiger partial charge in [-0.1, -0.05) is 6.07 Å². The number of carbonyl (C=O) groups is 2. The molecule has 2 N–H and O–H groups in total. The number of cyclic esters (lactones) is 1. The number of amides is 1. The van der Waals surface area contributed by atoms with Crippen LogP contribution in [0.5, 0.6) is 0 Å². The molecule has 1 aliphatic rings. The maximum absolute atomic E-state index is 12.2. The second-order valence-corrected chi connectivity index (χ2v) is 7.75. The molecule has 2 heterocycles. The maximum atomic E-state index is 12.2. The van der Waals surface area contributed by atoms with Crippen LogP contribution in [-0.4, -0.2) is 32.9 Å². The number of hydrogen-bond donors (Lipinski definition) is 2. The largest absolute Gasteiger partial charge is 0.464 e.